The van der Waals surface area contributed by atoms with Crippen LogP contribution in [0.25, 0.3) is 0 Å². The van der Waals surface area contributed by atoms with Crippen molar-refractivity contribution in [2.45, 2.75) is 26.0 Å². The van der Waals surface area contributed by atoms with E-state index in [1.54, 1.807) is 4.67 Å². The Bertz CT molecular complexity index is 970. The van der Waals surface area contributed by atoms with Gasteiger partial charge in [0.2, 0.25) is 0 Å². The van der Waals surface area contributed by atoms with E-state index in [9.17, 15) is 14.7 Å². The van der Waals surface area contributed by atoms with E-state index in [0.717, 1.165) is 30.4 Å². The molecule has 0 saturated heterocycles. The summed E-state index contributed by atoms with van der Waals surface area (Å²) in [5, 5.41) is 14.2. The quantitative estimate of drug-likeness (QED) is 0.0779. The molecular weight excluding hydrogens is 514 g/mol. The molecule has 13 heteroatoms. The zero-order valence-electron chi connectivity index (χ0n) is 20.6. The molecule has 0 aliphatic heterocycles. The van der Waals surface area contributed by atoms with Gasteiger partial charge < -0.3 is 14.6 Å². The lowest BCUT2D eigenvalue weighted by molar-refractivity contribution is -0.903. The lowest BCUT2D eigenvalue weighted by Crippen LogP contribution is -2.39. The highest BCUT2D eigenvalue weighted by Crippen LogP contribution is 2.47. The highest BCUT2D eigenvalue weighted by atomic mass is 35.5. The van der Waals surface area contributed by atoms with Gasteiger partial charge >= 0.3 is 13.6 Å². The Morgan fingerprint density at radius 3 is 2.43 bits per heavy atom. The normalized spacial score (nSPS) is 13.8. The number of halogens is 2. The molecule has 2 aromatic rings. The second-order valence-corrected chi connectivity index (χ2v) is 11.8. The molecule has 0 amide bonds. The maximum atomic E-state index is 13.8. The highest BCUT2D eigenvalue weighted by Gasteiger charge is 2.32. The lowest BCUT2D eigenvalue weighted by atomic mass is 10.2. The predicted molar refractivity (Wildman–Crippen MR) is 140 cm³/mol. The first kappa shape index (κ1) is 29.7. The van der Waals surface area contributed by atoms with Crippen LogP contribution >= 0.6 is 30.9 Å². The zero-order valence-corrected chi connectivity index (χ0v) is 23.0. The van der Waals surface area contributed by atoms with Crippen LogP contribution < -0.4 is 5.09 Å². The summed E-state index contributed by atoms with van der Waals surface area (Å²) in [6.07, 6.45) is 3.09. The lowest BCUT2D eigenvalue weighted by Gasteiger charge is -2.31. The molecule has 0 radical (unpaired) electrons. The van der Waals surface area contributed by atoms with E-state index in [-0.39, 0.29) is 24.3 Å². The van der Waals surface area contributed by atoms with Crippen LogP contribution in [-0.4, -0.2) is 75.7 Å². The van der Waals surface area contributed by atoms with Crippen LogP contribution in [0.2, 0.25) is 0 Å². The van der Waals surface area contributed by atoms with Crippen LogP contribution in [0.4, 0.5) is 5.95 Å². The number of unbranched alkanes of at least 4 members (excludes halogenated alkanes) is 1. The molecule has 1 heterocycles. The van der Waals surface area contributed by atoms with Crippen molar-refractivity contribution >= 4 is 36.8 Å². The monoisotopic (exact) mass is 549 g/mol. The van der Waals surface area contributed by atoms with Gasteiger partial charge in [0.15, 0.2) is 0 Å². The van der Waals surface area contributed by atoms with Gasteiger partial charge in [-0.3, -0.25) is 9.09 Å². The molecule has 1 N–H and O–H groups in total. The molecule has 10 nitrogen and oxygen atoms in total. The Labute approximate surface area is 217 Å². The summed E-state index contributed by atoms with van der Waals surface area (Å²) in [5.41, 5.74) is 1.73. The zero-order chi connectivity index (χ0) is 25.9. The van der Waals surface area contributed by atoms with Crippen LogP contribution in [0.15, 0.2) is 36.5 Å². The summed E-state index contributed by atoms with van der Waals surface area (Å²) in [6, 6.07) is 10.4. The molecule has 1 aromatic heterocycles. The van der Waals surface area contributed by atoms with Crippen molar-refractivity contribution in [2.75, 3.05) is 52.0 Å². The number of aromatic nitrogens is 2. The molecule has 1 atom stereocenters. The summed E-state index contributed by atoms with van der Waals surface area (Å²) in [7, 11) is 2.42. The van der Waals surface area contributed by atoms with Crippen LogP contribution in [-0.2, 0) is 29.3 Å². The van der Waals surface area contributed by atoms with Crippen LogP contribution in [0, 0.1) is 10.1 Å². The second-order valence-electron chi connectivity index (χ2n) is 8.91. The van der Waals surface area contributed by atoms with Crippen molar-refractivity contribution in [3.63, 3.8) is 0 Å². The number of rotatable bonds is 17. The third-order valence-electron chi connectivity index (χ3n) is 5.62. The average molecular weight is 550 g/mol. The molecule has 196 valence electrons. The first-order valence-electron chi connectivity index (χ1n) is 11.5. The van der Waals surface area contributed by atoms with Crippen LogP contribution in [0.1, 0.15) is 24.1 Å². The number of nitrogens with one attached hydrogen (secondary N) is 1. The van der Waals surface area contributed by atoms with Gasteiger partial charge in [-0.2, -0.15) is 0 Å². The van der Waals surface area contributed by atoms with E-state index in [2.05, 4.69) is 36.3 Å². The van der Waals surface area contributed by atoms with Gasteiger partial charge in [-0.1, -0.05) is 35.3 Å². The van der Waals surface area contributed by atoms with E-state index in [1.807, 2.05) is 18.2 Å². The van der Waals surface area contributed by atoms with Crippen molar-refractivity contribution in [1.29, 1.82) is 0 Å². The third kappa shape index (κ3) is 9.46. The molecule has 0 bridgehead atoms. The molecular formula is C22H36Cl2N6O4P+. The van der Waals surface area contributed by atoms with Gasteiger partial charge in [-0.05, 0) is 17.8 Å². The largest absolute Gasteiger partial charge is 0.434 e. The number of hydrogen-bond donors (Lipinski definition) is 1. The molecule has 1 aromatic carbocycles. The van der Waals surface area contributed by atoms with Gasteiger partial charge in [0.05, 0.1) is 27.7 Å². The van der Waals surface area contributed by atoms with Crippen molar-refractivity contribution in [1.82, 2.24) is 19.3 Å². The number of hydrogen-bond acceptors (Lipinski definition) is 5. The van der Waals surface area contributed by atoms with Crippen molar-refractivity contribution < 1.29 is 18.5 Å². The van der Waals surface area contributed by atoms with Crippen molar-refractivity contribution in [3.8, 4) is 0 Å². The number of benzene rings is 1. The number of nitro groups is 1. The molecule has 0 spiro atoms. The highest BCUT2D eigenvalue weighted by molar-refractivity contribution is 7.54. The fourth-order valence-corrected chi connectivity index (χ4v) is 6.30. The molecule has 0 saturated carbocycles. The average Bonchev–Trinajstić information content (AvgIpc) is 3.18. The van der Waals surface area contributed by atoms with E-state index in [1.165, 1.54) is 23.4 Å². The van der Waals surface area contributed by atoms with Crippen molar-refractivity contribution in [3.05, 3.63) is 57.9 Å². The van der Waals surface area contributed by atoms with E-state index in [0.29, 0.717) is 25.3 Å². The minimum Gasteiger partial charge on any atom is -0.390 e. The standard InChI is InChI=1S/C22H36Cl2N6O4P/c1-27-21(17-25-22(27)29(31)32)19-34-35(33,28(14-11-23)15-12-24)26-13-7-8-16-30(2,3)18-20-9-5-4-6-10-20/h4-6,9-10,17H,7-8,11-16,18-19H2,1-3H3,(H,26,33)/q+1. The number of imidazole rings is 1. The number of nitrogens with zero attached hydrogens (tertiary/aromatic N) is 5. The summed E-state index contributed by atoms with van der Waals surface area (Å²) in [6.45, 7) is 2.93. The maximum Gasteiger partial charge on any atom is 0.434 e. The molecule has 0 aliphatic carbocycles. The predicted octanol–water partition coefficient (Wildman–Crippen LogP) is 4.38. The first-order chi connectivity index (χ1) is 16.6. The summed E-state index contributed by atoms with van der Waals surface area (Å²) in [5.74, 6) is 0.212. The van der Waals surface area contributed by atoms with Gasteiger partial charge in [-0.25, -0.2) is 14.3 Å². The van der Waals surface area contributed by atoms with Gasteiger partial charge in [0, 0.05) is 37.0 Å². The fraction of sp³-hybridized carbons (Fsp3) is 0.591. The summed E-state index contributed by atoms with van der Waals surface area (Å²) < 4.78 is 23.5. The number of quaternary nitrogens is 1. The molecule has 0 fully saturated rings. The Morgan fingerprint density at radius 2 is 1.86 bits per heavy atom. The van der Waals surface area contributed by atoms with E-state index >= 15 is 0 Å². The maximum absolute atomic E-state index is 13.8. The van der Waals surface area contributed by atoms with E-state index < -0.39 is 12.6 Å². The minimum atomic E-state index is -3.50. The summed E-state index contributed by atoms with van der Waals surface area (Å²) in [4.78, 5) is 14.3. The fourth-order valence-electron chi connectivity index (χ4n) is 3.73. The third-order valence-corrected chi connectivity index (χ3v) is 8.21. The Morgan fingerprint density at radius 1 is 1.20 bits per heavy atom. The van der Waals surface area contributed by atoms with Crippen LogP contribution in [0.3, 0.4) is 0 Å². The first-order valence-corrected chi connectivity index (χ1v) is 14.1. The SMILES string of the molecule is Cn1c(COP(=O)(NCCCC[N+](C)(C)Cc2ccccc2)N(CCCl)CCCl)cnc1[N+](=O)[O-]. The molecule has 1 unspecified atom stereocenters. The van der Waals surface area contributed by atoms with Gasteiger partial charge in [-0.15, -0.1) is 23.2 Å². The Hall–Kier alpha value is -1.52. The minimum absolute atomic E-state index is 0.107. The molecule has 0 aliphatic rings. The van der Waals surface area contributed by atoms with E-state index in [4.69, 9.17) is 27.7 Å². The second kappa shape index (κ2) is 14.3. The van der Waals surface area contributed by atoms with Crippen molar-refractivity contribution in [2.24, 2.45) is 7.05 Å². The number of alkyl halides is 2. The topological polar surface area (TPSA) is 103 Å². The Kier molecular flexibility index (Phi) is 12.1. The van der Waals surface area contributed by atoms with Gasteiger partial charge in [0.25, 0.3) is 0 Å². The summed E-state index contributed by atoms with van der Waals surface area (Å²) >= 11 is 11.9. The Balaban J connectivity index is 1.96. The van der Waals surface area contributed by atoms with Gasteiger partial charge in [0.1, 0.15) is 25.0 Å². The molecule has 35 heavy (non-hydrogen) atoms. The smallest absolute Gasteiger partial charge is 0.390 e. The molecule has 2 rings (SSSR count). The van der Waals surface area contributed by atoms with Crippen LogP contribution in [0.5, 0.6) is 0 Å².